The SMILES string of the molecule is Cc1ncsc1-c1ccc(CNC(=O)[C@@H]2C[C@@H](O)CN2C(=O)[C@@H](NC(=O)C2CCN(c3ccc(CO[C@H](C)[C@H](CCC(N)=O)NC(=O)OC(C)(C)C)cc3)CC2)C(C)(C)C)cc1. The summed E-state index contributed by atoms with van der Waals surface area (Å²) in [5.41, 5.74) is 10.7. The number of benzene rings is 2. The van der Waals surface area contributed by atoms with Crippen molar-refractivity contribution in [2.75, 3.05) is 24.5 Å². The molecule has 2 aromatic carbocycles. The molecule has 2 fully saturated rings. The lowest BCUT2D eigenvalue weighted by Gasteiger charge is -2.37. The van der Waals surface area contributed by atoms with Gasteiger partial charge in [-0.25, -0.2) is 9.78 Å². The molecule has 15 nitrogen and oxygen atoms in total. The fourth-order valence-corrected chi connectivity index (χ4v) is 8.58. The van der Waals surface area contributed by atoms with Gasteiger partial charge in [0.15, 0.2) is 0 Å². The van der Waals surface area contributed by atoms with Crippen LogP contribution in [0.25, 0.3) is 10.4 Å². The van der Waals surface area contributed by atoms with E-state index in [0.717, 1.165) is 32.9 Å². The first-order valence-electron chi connectivity index (χ1n) is 21.5. The average Bonchev–Trinajstić information content (AvgIpc) is 3.83. The Morgan fingerprint density at radius 3 is 2.16 bits per heavy atom. The molecule has 338 valence electrons. The third-order valence-electron chi connectivity index (χ3n) is 11.3. The number of primary amides is 1. The number of aryl methyl sites for hydroxylation is 1. The number of nitrogens with zero attached hydrogens (tertiary/aromatic N) is 3. The summed E-state index contributed by atoms with van der Waals surface area (Å²) >= 11 is 1.58. The van der Waals surface area contributed by atoms with Gasteiger partial charge in [0.25, 0.3) is 0 Å². The van der Waals surface area contributed by atoms with Crippen molar-refractivity contribution in [3.05, 3.63) is 70.9 Å². The molecule has 0 bridgehead atoms. The minimum absolute atomic E-state index is 0.00732. The predicted octanol–water partition coefficient (Wildman–Crippen LogP) is 5.21. The molecule has 1 aromatic heterocycles. The molecule has 0 saturated carbocycles. The molecule has 16 heteroatoms. The number of amides is 5. The summed E-state index contributed by atoms with van der Waals surface area (Å²) in [4.78, 5) is 74.5. The molecule has 2 aliphatic rings. The zero-order valence-electron chi connectivity index (χ0n) is 37.4. The molecule has 0 aliphatic carbocycles. The number of nitrogens with two attached hydrogens (primary N) is 1. The molecule has 0 unspecified atom stereocenters. The molecule has 3 heterocycles. The number of carbonyl (C=O) groups excluding carboxylic acids is 5. The first kappa shape index (κ1) is 48.0. The standard InChI is InChI=1S/C46H65N7O8S/c1-28-39(62-27-49-28)32-13-9-30(10-14-32)24-48-42(57)37-23-35(54)25-53(37)43(58)40(45(3,4)5)51-41(56)33-19-21-52(22-20-33)34-15-11-31(12-16-34)26-60-29(2)36(17-18-38(47)55)50-44(59)61-46(6,7)8/h9-16,27,29,33,35-37,40,54H,17-26H2,1-8H3,(H2,47,55)(H,48,57)(H,50,59)(H,51,56)/t29-,35-,36+,37+,40-/m1/s1. The van der Waals surface area contributed by atoms with E-state index in [-0.39, 0.29) is 56.2 Å². The van der Waals surface area contributed by atoms with E-state index in [9.17, 15) is 29.1 Å². The van der Waals surface area contributed by atoms with Gasteiger partial charge < -0.3 is 46.1 Å². The molecule has 3 aromatic rings. The minimum atomic E-state index is -0.902. The number of ether oxygens (including phenoxy) is 2. The number of hydrogen-bond donors (Lipinski definition) is 5. The van der Waals surface area contributed by atoms with Gasteiger partial charge in [-0.2, -0.15) is 0 Å². The first-order chi connectivity index (χ1) is 29.2. The van der Waals surface area contributed by atoms with Crippen molar-refractivity contribution in [2.45, 2.75) is 137 Å². The maximum absolute atomic E-state index is 14.2. The predicted molar refractivity (Wildman–Crippen MR) is 239 cm³/mol. The van der Waals surface area contributed by atoms with Crippen LogP contribution < -0.4 is 26.6 Å². The Morgan fingerprint density at radius 1 is 0.935 bits per heavy atom. The van der Waals surface area contributed by atoms with Gasteiger partial charge in [0, 0.05) is 50.6 Å². The average molecular weight is 876 g/mol. The van der Waals surface area contributed by atoms with Crippen molar-refractivity contribution < 1.29 is 38.6 Å². The second-order valence-electron chi connectivity index (χ2n) is 18.6. The molecule has 2 aliphatic heterocycles. The van der Waals surface area contributed by atoms with E-state index in [1.807, 2.05) is 88.7 Å². The molecule has 2 saturated heterocycles. The van der Waals surface area contributed by atoms with Crippen LogP contribution in [0.3, 0.4) is 0 Å². The first-order valence-corrected chi connectivity index (χ1v) is 22.4. The van der Waals surface area contributed by atoms with Gasteiger partial charge in [-0.3, -0.25) is 19.2 Å². The number of thiazole rings is 1. The van der Waals surface area contributed by atoms with E-state index in [1.54, 1.807) is 32.1 Å². The summed E-state index contributed by atoms with van der Waals surface area (Å²) in [6, 6.07) is 13.6. The van der Waals surface area contributed by atoms with Crippen molar-refractivity contribution in [1.82, 2.24) is 25.8 Å². The van der Waals surface area contributed by atoms with Crippen molar-refractivity contribution in [3.8, 4) is 10.4 Å². The largest absolute Gasteiger partial charge is 0.444 e. The van der Waals surface area contributed by atoms with Gasteiger partial charge in [0.05, 0.1) is 40.9 Å². The van der Waals surface area contributed by atoms with E-state index in [4.69, 9.17) is 15.2 Å². The van der Waals surface area contributed by atoms with Crippen LogP contribution in [0.4, 0.5) is 10.5 Å². The molecule has 6 N–H and O–H groups in total. The second kappa shape index (κ2) is 20.9. The zero-order valence-corrected chi connectivity index (χ0v) is 38.2. The Hall–Kier alpha value is -5.06. The summed E-state index contributed by atoms with van der Waals surface area (Å²) in [7, 11) is 0. The number of anilines is 1. The van der Waals surface area contributed by atoms with Crippen LogP contribution in [-0.4, -0.2) is 100 Å². The molecule has 5 amide bonds. The fourth-order valence-electron chi connectivity index (χ4n) is 7.77. The minimum Gasteiger partial charge on any atom is -0.444 e. The lowest BCUT2D eigenvalue weighted by atomic mass is 9.84. The van der Waals surface area contributed by atoms with Crippen LogP contribution in [0.2, 0.25) is 0 Å². The van der Waals surface area contributed by atoms with Crippen molar-refractivity contribution in [1.29, 1.82) is 0 Å². The van der Waals surface area contributed by atoms with E-state index < -0.39 is 53.3 Å². The Kier molecular flexibility index (Phi) is 16.2. The Bertz CT molecular complexity index is 2000. The van der Waals surface area contributed by atoms with E-state index in [2.05, 4.69) is 25.8 Å². The third-order valence-corrected chi connectivity index (χ3v) is 12.3. The van der Waals surface area contributed by atoms with Gasteiger partial charge in [-0.1, -0.05) is 57.2 Å². The smallest absolute Gasteiger partial charge is 0.407 e. The highest BCUT2D eigenvalue weighted by atomic mass is 32.1. The Balaban J connectivity index is 1.11. The van der Waals surface area contributed by atoms with E-state index >= 15 is 0 Å². The number of hydrogen-bond acceptors (Lipinski definition) is 11. The molecule has 0 radical (unpaired) electrons. The van der Waals surface area contributed by atoms with E-state index in [1.165, 1.54) is 4.90 Å². The van der Waals surface area contributed by atoms with Gasteiger partial charge in [0.1, 0.15) is 17.7 Å². The highest BCUT2D eigenvalue weighted by Gasteiger charge is 2.45. The maximum Gasteiger partial charge on any atom is 0.407 e. The molecule has 5 rings (SSSR count). The molecule has 5 atom stereocenters. The molecule has 0 spiro atoms. The highest BCUT2D eigenvalue weighted by molar-refractivity contribution is 7.13. The van der Waals surface area contributed by atoms with Crippen molar-refractivity contribution in [2.24, 2.45) is 17.1 Å². The second-order valence-corrected chi connectivity index (χ2v) is 19.4. The number of aliphatic hydroxyl groups excluding tert-OH is 1. The number of carbonyl (C=O) groups is 5. The molecular weight excluding hydrogens is 811 g/mol. The Labute approximate surface area is 369 Å². The lowest BCUT2D eigenvalue weighted by molar-refractivity contribution is -0.144. The molecular formula is C46H65N7O8S. The summed E-state index contributed by atoms with van der Waals surface area (Å²) in [6.07, 6.45) is -0.181. The quantitative estimate of drug-likeness (QED) is 0.127. The summed E-state index contributed by atoms with van der Waals surface area (Å²) in [6.45, 7) is 16.6. The number of alkyl carbamates (subject to hydrolysis) is 1. The van der Waals surface area contributed by atoms with Crippen molar-refractivity contribution >= 4 is 46.7 Å². The summed E-state index contributed by atoms with van der Waals surface area (Å²) in [5.74, 6) is -1.71. The zero-order chi connectivity index (χ0) is 45.4. The van der Waals surface area contributed by atoms with Crippen LogP contribution in [0.5, 0.6) is 0 Å². The summed E-state index contributed by atoms with van der Waals surface area (Å²) < 4.78 is 11.5. The monoisotopic (exact) mass is 875 g/mol. The van der Waals surface area contributed by atoms with E-state index in [0.29, 0.717) is 32.4 Å². The van der Waals surface area contributed by atoms with Crippen LogP contribution in [0, 0.1) is 18.3 Å². The number of likely N-dealkylation sites (tertiary alicyclic amines) is 1. The van der Waals surface area contributed by atoms with Gasteiger partial charge in [0.2, 0.25) is 23.6 Å². The lowest BCUT2D eigenvalue weighted by Crippen LogP contribution is -2.58. The van der Waals surface area contributed by atoms with Crippen LogP contribution in [0.15, 0.2) is 54.0 Å². The van der Waals surface area contributed by atoms with Gasteiger partial charge >= 0.3 is 6.09 Å². The number of aliphatic hydroxyl groups is 1. The third kappa shape index (κ3) is 13.5. The van der Waals surface area contributed by atoms with Crippen molar-refractivity contribution in [3.63, 3.8) is 0 Å². The maximum atomic E-state index is 14.2. The van der Waals surface area contributed by atoms with Gasteiger partial charge in [-0.15, -0.1) is 11.3 Å². The van der Waals surface area contributed by atoms with Crippen LogP contribution >= 0.6 is 11.3 Å². The fraction of sp³-hybridized carbons (Fsp3) is 0.565. The molecule has 62 heavy (non-hydrogen) atoms. The topological polar surface area (TPSA) is 206 Å². The number of aromatic nitrogens is 1. The van der Waals surface area contributed by atoms with Crippen LogP contribution in [0.1, 0.15) is 97.4 Å². The normalized spacial score (nSPS) is 18.7. The highest BCUT2D eigenvalue weighted by Crippen LogP contribution is 2.30. The summed E-state index contributed by atoms with van der Waals surface area (Å²) in [5, 5.41) is 19.5. The number of piperidine rings is 1. The van der Waals surface area contributed by atoms with Crippen LogP contribution in [-0.2, 0) is 41.8 Å². The number of rotatable bonds is 16. The van der Waals surface area contributed by atoms with Gasteiger partial charge in [-0.05, 0) is 88.1 Å². The number of β-amino-alcohol motifs (C(OH)–C–C–N with tert-alkyl or cyclic N) is 1. The number of nitrogens with one attached hydrogen (secondary N) is 3. The Morgan fingerprint density at radius 2 is 1.58 bits per heavy atom.